The van der Waals surface area contributed by atoms with Crippen molar-refractivity contribution in [2.75, 3.05) is 0 Å². The number of nitrogens with one attached hydrogen (secondary N) is 2. The summed E-state index contributed by atoms with van der Waals surface area (Å²) in [6, 6.07) is 0.649. The van der Waals surface area contributed by atoms with Crippen LogP contribution in [-0.2, 0) is 4.79 Å². The van der Waals surface area contributed by atoms with Crippen LogP contribution in [0.5, 0.6) is 0 Å². The average Bonchev–Trinajstić information content (AvgIpc) is 1.99. The molecule has 0 aromatic heterocycles. The Morgan fingerprint density at radius 3 is 2.25 bits per heavy atom. The standard InChI is InChI=1S/C8H18N2OS/c1-6(9-8(3)11)4-5-7(2)10-12/h6-7,10,12H,4-5H2,1-3H3,(H,9,11). The lowest BCUT2D eigenvalue weighted by atomic mass is 10.1. The van der Waals surface area contributed by atoms with Gasteiger partial charge in [-0.25, -0.2) is 0 Å². The van der Waals surface area contributed by atoms with Crippen LogP contribution in [0.25, 0.3) is 0 Å². The van der Waals surface area contributed by atoms with Gasteiger partial charge < -0.3 is 5.32 Å². The van der Waals surface area contributed by atoms with Gasteiger partial charge in [0, 0.05) is 19.0 Å². The monoisotopic (exact) mass is 190 g/mol. The number of hydrogen-bond donors (Lipinski definition) is 3. The Hall–Kier alpha value is -0.220. The van der Waals surface area contributed by atoms with Crippen molar-refractivity contribution in [1.82, 2.24) is 10.0 Å². The Morgan fingerprint density at radius 1 is 1.33 bits per heavy atom. The van der Waals surface area contributed by atoms with Crippen molar-refractivity contribution < 1.29 is 4.79 Å². The first kappa shape index (κ1) is 11.8. The summed E-state index contributed by atoms with van der Waals surface area (Å²) in [5.74, 6) is 0.0361. The number of hydrogen-bond acceptors (Lipinski definition) is 3. The van der Waals surface area contributed by atoms with Crippen LogP contribution < -0.4 is 10.0 Å². The quantitative estimate of drug-likeness (QED) is 0.569. The van der Waals surface area contributed by atoms with Crippen molar-refractivity contribution in [3.8, 4) is 0 Å². The van der Waals surface area contributed by atoms with E-state index < -0.39 is 0 Å². The molecule has 2 atom stereocenters. The van der Waals surface area contributed by atoms with Gasteiger partial charge in [-0.05, 0) is 26.7 Å². The van der Waals surface area contributed by atoms with E-state index in [1.807, 2.05) is 6.92 Å². The van der Waals surface area contributed by atoms with Crippen molar-refractivity contribution >= 4 is 18.7 Å². The van der Waals surface area contributed by atoms with E-state index in [4.69, 9.17) is 0 Å². The zero-order valence-electron chi connectivity index (χ0n) is 7.92. The van der Waals surface area contributed by atoms with Crippen LogP contribution in [0.4, 0.5) is 0 Å². The van der Waals surface area contributed by atoms with Crippen LogP contribution in [0.3, 0.4) is 0 Å². The largest absolute Gasteiger partial charge is 0.354 e. The topological polar surface area (TPSA) is 41.1 Å². The third-order valence-electron chi connectivity index (χ3n) is 1.70. The lowest BCUT2D eigenvalue weighted by Crippen LogP contribution is -2.31. The molecular weight excluding hydrogens is 172 g/mol. The molecule has 4 heteroatoms. The Labute approximate surface area is 79.8 Å². The minimum absolute atomic E-state index is 0.0361. The highest BCUT2D eigenvalue weighted by atomic mass is 32.1. The van der Waals surface area contributed by atoms with Gasteiger partial charge in [0.25, 0.3) is 0 Å². The molecule has 2 unspecified atom stereocenters. The molecule has 12 heavy (non-hydrogen) atoms. The second kappa shape index (κ2) is 6.31. The highest BCUT2D eigenvalue weighted by Crippen LogP contribution is 2.01. The summed E-state index contributed by atoms with van der Waals surface area (Å²) >= 11 is 3.95. The van der Waals surface area contributed by atoms with Crippen LogP contribution >= 0.6 is 12.8 Å². The molecule has 0 aliphatic rings. The molecule has 0 aromatic carbocycles. The van der Waals surface area contributed by atoms with Gasteiger partial charge in [-0.1, -0.05) is 12.8 Å². The maximum atomic E-state index is 10.6. The number of amides is 1. The van der Waals surface area contributed by atoms with Crippen molar-refractivity contribution in [2.45, 2.75) is 45.7 Å². The van der Waals surface area contributed by atoms with Gasteiger partial charge in [0.2, 0.25) is 5.91 Å². The van der Waals surface area contributed by atoms with E-state index in [-0.39, 0.29) is 11.9 Å². The van der Waals surface area contributed by atoms with Crippen LogP contribution in [0.2, 0.25) is 0 Å². The first-order valence-corrected chi connectivity index (χ1v) is 4.67. The molecule has 0 bridgehead atoms. The summed E-state index contributed by atoms with van der Waals surface area (Å²) in [5, 5.41) is 2.83. The number of thiol groups is 1. The number of carbonyl (C=O) groups is 1. The van der Waals surface area contributed by atoms with Crippen LogP contribution in [0, 0.1) is 0 Å². The summed E-state index contributed by atoms with van der Waals surface area (Å²) in [4.78, 5) is 10.6. The zero-order chi connectivity index (χ0) is 9.56. The SMILES string of the molecule is CC(=O)NC(C)CCC(C)NS. The highest BCUT2D eigenvalue weighted by molar-refractivity contribution is 7.78. The van der Waals surface area contributed by atoms with Gasteiger partial charge in [-0.15, -0.1) is 0 Å². The predicted molar refractivity (Wildman–Crippen MR) is 54.1 cm³/mol. The van der Waals surface area contributed by atoms with E-state index in [0.717, 1.165) is 12.8 Å². The minimum atomic E-state index is 0.0361. The Morgan fingerprint density at radius 2 is 1.83 bits per heavy atom. The summed E-state index contributed by atoms with van der Waals surface area (Å²) in [5.41, 5.74) is 0. The minimum Gasteiger partial charge on any atom is -0.354 e. The van der Waals surface area contributed by atoms with E-state index in [9.17, 15) is 4.79 Å². The maximum absolute atomic E-state index is 10.6. The molecule has 0 saturated heterocycles. The van der Waals surface area contributed by atoms with E-state index in [2.05, 4.69) is 29.8 Å². The van der Waals surface area contributed by atoms with Crippen LogP contribution in [0.1, 0.15) is 33.6 Å². The highest BCUT2D eigenvalue weighted by Gasteiger charge is 2.05. The molecule has 3 nitrogen and oxygen atoms in total. The predicted octanol–water partition coefficient (Wildman–Crippen LogP) is 1.11. The Balaban J connectivity index is 3.43. The van der Waals surface area contributed by atoms with E-state index in [1.54, 1.807) is 0 Å². The van der Waals surface area contributed by atoms with Crippen molar-refractivity contribution in [3.63, 3.8) is 0 Å². The maximum Gasteiger partial charge on any atom is 0.217 e. The lowest BCUT2D eigenvalue weighted by Gasteiger charge is -2.14. The van der Waals surface area contributed by atoms with Crippen molar-refractivity contribution in [1.29, 1.82) is 0 Å². The molecule has 0 rings (SSSR count). The fraction of sp³-hybridized carbons (Fsp3) is 0.875. The third-order valence-corrected chi connectivity index (χ3v) is 2.14. The van der Waals surface area contributed by atoms with Gasteiger partial charge in [0.05, 0.1) is 0 Å². The zero-order valence-corrected chi connectivity index (χ0v) is 8.82. The summed E-state index contributed by atoms with van der Waals surface area (Å²) in [6.45, 7) is 5.61. The van der Waals surface area contributed by atoms with E-state index in [1.165, 1.54) is 6.92 Å². The molecule has 0 heterocycles. The molecule has 0 saturated carbocycles. The van der Waals surface area contributed by atoms with E-state index in [0.29, 0.717) is 6.04 Å². The summed E-state index contributed by atoms with van der Waals surface area (Å²) in [6.07, 6.45) is 2.00. The Kier molecular flexibility index (Phi) is 6.20. The summed E-state index contributed by atoms with van der Waals surface area (Å²) in [7, 11) is 0. The normalized spacial score (nSPS) is 15.3. The smallest absolute Gasteiger partial charge is 0.217 e. The Bertz CT molecular complexity index is 141. The van der Waals surface area contributed by atoms with Gasteiger partial charge in [0.1, 0.15) is 0 Å². The molecule has 0 radical (unpaired) electrons. The number of rotatable bonds is 5. The molecule has 0 spiro atoms. The lowest BCUT2D eigenvalue weighted by molar-refractivity contribution is -0.119. The van der Waals surface area contributed by atoms with Gasteiger partial charge in [0.15, 0.2) is 0 Å². The first-order chi connectivity index (χ1) is 5.56. The second-order valence-corrected chi connectivity index (χ2v) is 3.47. The molecule has 1 amide bonds. The van der Waals surface area contributed by atoms with Crippen LogP contribution in [-0.4, -0.2) is 18.0 Å². The first-order valence-electron chi connectivity index (χ1n) is 4.23. The molecule has 2 N–H and O–H groups in total. The molecule has 0 aliphatic heterocycles. The van der Waals surface area contributed by atoms with Gasteiger partial charge in [-0.3, -0.25) is 9.52 Å². The number of carbonyl (C=O) groups excluding carboxylic acids is 1. The third kappa shape index (κ3) is 6.49. The van der Waals surface area contributed by atoms with E-state index >= 15 is 0 Å². The molecular formula is C8H18N2OS. The van der Waals surface area contributed by atoms with Crippen molar-refractivity contribution in [2.24, 2.45) is 0 Å². The fourth-order valence-electron chi connectivity index (χ4n) is 0.984. The van der Waals surface area contributed by atoms with Gasteiger partial charge >= 0.3 is 0 Å². The fourth-order valence-corrected chi connectivity index (χ4v) is 1.11. The average molecular weight is 190 g/mol. The second-order valence-electron chi connectivity index (χ2n) is 3.21. The molecule has 72 valence electrons. The van der Waals surface area contributed by atoms with Gasteiger partial charge in [-0.2, -0.15) is 0 Å². The molecule has 0 aromatic rings. The molecule has 0 aliphatic carbocycles. The molecule has 0 fully saturated rings. The van der Waals surface area contributed by atoms with Crippen LogP contribution in [0.15, 0.2) is 0 Å². The van der Waals surface area contributed by atoms with Crippen molar-refractivity contribution in [3.05, 3.63) is 0 Å². The summed E-state index contributed by atoms with van der Waals surface area (Å²) < 4.78 is 2.86.